The van der Waals surface area contributed by atoms with Gasteiger partial charge in [-0.15, -0.1) is 24.0 Å². The van der Waals surface area contributed by atoms with E-state index in [9.17, 15) is 0 Å². The second kappa shape index (κ2) is 10.9. The molecule has 4 nitrogen and oxygen atoms in total. The highest BCUT2D eigenvalue weighted by Gasteiger charge is 2.15. The average molecular weight is 419 g/mol. The quantitative estimate of drug-likeness (QED) is 0.400. The van der Waals surface area contributed by atoms with Crippen molar-refractivity contribution in [1.29, 1.82) is 0 Å². The van der Waals surface area contributed by atoms with E-state index in [2.05, 4.69) is 24.5 Å². The zero-order valence-corrected chi connectivity index (χ0v) is 16.1. The summed E-state index contributed by atoms with van der Waals surface area (Å²) in [5.74, 6) is 2.68. The number of hydrogen-bond donors (Lipinski definition) is 2. The number of rotatable bonds is 7. The second-order valence-corrected chi connectivity index (χ2v) is 6.29. The summed E-state index contributed by atoms with van der Waals surface area (Å²) in [5.41, 5.74) is 0. The largest absolute Gasteiger partial charge is 0.469 e. The van der Waals surface area contributed by atoms with Crippen molar-refractivity contribution in [2.24, 2.45) is 10.9 Å². The Morgan fingerprint density at radius 1 is 1.36 bits per heavy atom. The molecule has 0 bridgehead atoms. The van der Waals surface area contributed by atoms with Gasteiger partial charge in [-0.25, -0.2) is 0 Å². The van der Waals surface area contributed by atoms with Crippen LogP contribution in [0, 0.1) is 5.92 Å². The molecule has 0 saturated heterocycles. The van der Waals surface area contributed by atoms with Crippen LogP contribution in [0.25, 0.3) is 0 Å². The Morgan fingerprint density at radius 2 is 2.14 bits per heavy atom. The first-order valence-electron chi connectivity index (χ1n) is 8.31. The van der Waals surface area contributed by atoms with Gasteiger partial charge in [-0.05, 0) is 37.3 Å². The van der Waals surface area contributed by atoms with Crippen LogP contribution in [-0.2, 0) is 6.42 Å². The van der Waals surface area contributed by atoms with Gasteiger partial charge in [0.25, 0.3) is 0 Å². The van der Waals surface area contributed by atoms with Crippen LogP contribution < -0.4 is 10.6 Å². The van der Waals surface area contributed by atoms with Gasteiger partial charge in [0, 0.05) is 25.6 Å². The van der Waals surface area contributed by atoms with E-state index in [0.29, 0.717) is 12.0 Å². The van der Waals surface area contributed by atoms with Gasteiger partial charge in [0.1, 0.15) is 5.76 Å². The van der Waals surface area contributed by atoms with Crippen LogP contribution in [0.1, 0.15) is 51.7 Å². The number of hydrogen-bond acceptors (Lipinski definition) is 2. The average Bonchev–Trinajstić information content (AvgIpc) is 3.11. The highest BCUT2D eigenvalue weighted by atomic mass is 127. The normalized spacial score (nSPS) is 15.9. The topological polar surface area (TPSA) is 49.6 Å². The minimum absolute atomic E-state index is 0. The third kappa shape index (κ3) is 7.51. The Kier molecular flexibility index (Phi) is 9.59. The zero-order valence-electron chi connectivity index (χ0n) is 13.8. The molecule has 1 saturated carbocycles. The van der Waals surface area contributed by atoms with E-state index in [1.165, 1.54) is 25.7 Å². The van der Waals surface area contributed by atoms with Crippen molar-refractivity contribution in [1.82, 2.24) is 10.6 Å². The molecule has 22 heavy (non-hydrogen) atoms. The summed E-state index contributed by atoms with van der Waals surface area (Å²) in [7, 11) is 0. The van der Waals surface area contributed by atoms with Crippen LogP contribution in [0.5, 0.6) is 0 Å². The molecule has 1 aliphatic carbocycles. The van der Waals surface area contributed by atoms with Gasteiger partial charge in [-0.2, -0.15) is 0 Å². The Balaban J connectivity index is 0.00000242. The van der Waals surface area contributed by atoms with Crippen molar-refractivity contribution in [3.8, 4) is 0 Å². The molecule has 0 amide bonds. The van der Waals surface area contributed by atoms with Crippen molar-refractivity contribution in [3.05, 3.63) is 24.2 Å². The van der Waals surface area contributed by atoms with Gasteiger partial charge >= 0.3 is 0 Å². The van der Waals surface area contributed by atoms with Gasteiger partial charge in [0.15, 0.2) is 5.96 Å². The first-order valence-corrected chi connectivity index (χ1v) is 8.31. The fourth-order valence-electron chi connectivity index (χ4n) is 2.61. The molecule has 126 valence electrons. The summed E-state index contributed by atoms with van der Waals surface area (Å²) in [6, 6.07) is 4.55. The Morgan fingerprint density at radius 3 is 2.77 bits per heavy atom. The van der Waals surface area contributed by atoms with Gasteiger partial charge in [0.05, 0.1) is 6.26 Å². The highest BCUT2D eigenvalue weighted by Crippen LogP contribution is 2.17. The van der Waals surface area contributed by atoms with Gasteiger partial charge in [0.2, 0.25) is 0 Å². The molecule has 5 heteroatoms. The number of aliphatic imine (C=N–C) groups is 1. The van der Waals surface area contributed by atoms with Gasteiger partial charge < -0.3 is 15.1 Å². The maximum atomic E-state index is 5.36. The second-order valence-electron chi connectivity index (χ2n) is 6.29. The molecule has 0 aromatic carbocycles. The minimum Gasteiger partial charge on any atom is -0.469 e. The Labute approximate surface area is 151 Å². The Bertz CT molecular complexity index is 412. The molecule has 1 heterocycles. The molecule has 1 aromatic rings. The van der Waals surface area contributed by atoms with Gasteiger partial charge in [-0.3, -0.25) is 4.99 Å². The van der Waals surface area contributed by atoms with Crippen LogP contribution in [-0.4, -0.2) is 25.1 Å². The molecule has 2 rings (SSSR count). The number of nitrogens with zero attached hydrogens (tertiary/aromatic N) is 1. The van der Waals surface area contributed by atoms with Crippen molar-refractivity contribution in [3.63, 3.8) is 0 Å². The first kappa shape index (κ1) is 19.3. The zero-order chi connectivity index (χ0) is 14.9. The molecular formula is C17H30IN3O. The minimum atomic E-state index is 0. The van der Waals surface area contributed by atoms with Crippen LogP contribution in [0.4, 0.5) is 0 Å². The van der Waals surface area contributed by atoms with E-state index in [-0.39, 0.29) is 24.0 Å². The molecular weight excluding hydrogens is 389 g/mol. The number of guanidine groups is 1. The monoisotopic (exact) mass is 419 g/mol. The lowest BCUT2D eigenvalue weighted by Gasteiger charge is -2.17. The molecule has 0 spiro atoms. The van der Waals surface area contributed by atoms with Crippen molar-refractivity contribution < 1.29 is 4.42 Å². The fourth-order valence-corrected chi connectivity index (χ4v) is 2.61. The van der Waals surface area contributed by atoms with Crippen LogP contribution in [0.2, 0.25) is 0 Å². The predicted molar refractivity (Wildman–Crippen MR) is 103 cm³/mol. The number of halogens is 1. The summed E-state index contributed by atoms with van der Waals surface area (Å²) in [6.45, 7) is 6.22. The maximum Gasteiger partial charge on any atom is 0.191 e. The fraction of sp³-hybridized carbons (Fsp3) is 0.706. The highest BCUT2D eigenvalue weighted by molar-refractivity contribution is 14.0. The predicted octanol–water partition coefficient (Wildman–Crippen LogP) is 3.96. The number of furan rings is 1. The van der Waals surface area contributed by atoms with Crippen molar-refractivity contribution in [2.45, 2.75) is 58.4 Å². The lowest BCUT2D eigenvalue weighted by atomic mass is 10.1. The lowest BCUT2D eigenvalue weighted by Crippen LogP contribution is -2.43. The molecule has 2 N–H and O–H groups in total. The standard InChI is InChI=1S/C17H29N3O.HI/c1-14(2)9-11-18-17(20-15-6-3-4-7-15)19-12-10-16-8-5-13-21-16;/h5,8,13-15H,3-4,6-7,9-12H2,1-2H3,(H2,18,19,20);1H. The third-order valence-corrected chi connectivity index (χ3v) is 3.92. The first-order chi connectivity index (χ1) is 10.2. The van der Waals surface area contributed by atoms with Gasteiger partial charge in [-0.1, -0.05) is 26.7 Å². The summed E-state index contributed by atoms with van der Waals surface area (Å²) in [6.07, 6.45) is 8.96. The molecule has 0 radical (unpaired) electrons. The van der Waals surface area contributed by atoms with E-state index < -0.39 is 0 Å². The summed E-state index contributed by atoms with van der Waals surface area (Å²) in [4.78, 5) is 4.71. The van der Waals surface area contributed by atoms with Crippen LogP contribution >= 0.6 is 24.0 Å². The van der Waals surface area contributed by atoms with E-state index in [0.717, 1.165) is 37.7 Å². The lowest BCUT2D eigenvalue weighted by molar-refractivity contribution is 0.505. The summed E-state index contributed by atoms with van der Waals surface area (Å²) in [5, 5.41) is 7.02. The summed E-state index contributed by atoms with van der Waals surface area (Å²) >= 11 is 0. The maximum absolute atomic E-state index is 5.36. The Hall–Kier alpha value is -0.720. The van der Waals surface area contributed by atoms with E-state index in [4.69, 9.17) is 9.41 Å². The summed E-state index contributed by atoms with van der Waals surface area (Å²) < 4.78 is 5.36. The van der Waals surface area contributed by atoms with Crippen LogP contribution in [0.15, 0.2) is 27.8 Å². The van der Waals surface area contributed by atoms with E-state index in [1.807, 2.05) is 12.1 Å². The SMILES string of the molecule is CC(C)CCN=C(NCCc1ccco1)NC1CCCC1.I. The third-order valence-electron chi connectivity index (χ3n) is 3.92. The van der Waals surface area contributed by atoms with Crippen molar-refractivity contribution in [2.75, 3.05) is 13.1 Å². The van der Waals surface area contributed by atoms with Crippen LogP contribution in [0.3, 0.4) is 0 Å². The molecule has 1 aromatic heterocycles. The smallest absolute Gasteiger partial charge is 0.191 e. The molecule has 0 unspecified atom stereocenters. The molecule has 1 aliphatic rings. The molecule has 0 aliphatic heterocycles. The van der Waals surface area contributed by atoms with Crippen molar-refractivity contribution >= 4 is 29.9 Å². The molecule has 1 fully saturated rings. The van der Waals surface area contributed by atoms with E-state index >= 15 is 0 Å². The van der Waals surface area contributed by atoms with E-state index in [1.54, 1.807) is 6.26 Å². The molecule has 0 atom stereocenters. The number of nitrogens with one attached hydrogen (secondary N) is 2.